The normalized spacial score (nSPS) is 22.6. The molecule has 1 saturated heterocycles. The van der Waals surface area contributed by atoms with E-state index in [9.17, 15) is 57.9 Å². The van der Waals surface area contributed by atoms with Gasteiger partial charge in [-0.05, 0) is 0 Å². The molecule has 0 bridgehead atoms. The molecule has 3 rings (SSSR count). The Labute approximate surface area is 293 Å². The molecule has 0 saturated carbocycles. The number of thioether (sulfide) groups is 1. The lowest BCUT2D eigenvalue weighted by atomic mass is 9.87. The number of phosphoric acid groups is 3. The first-order chi connectivity index (χ1) is 23.5. The lowest BCUT2D eigenvalue weighted by molar-refractivity contribution is -0.137. The Morgan fingerprint density at radius 3 is 2.39 bits per heavy atom. The number of aliphatic hydroxyl groups is 2. The molecular formula is C23H38N7O17P3S. The molecule has 51 heavy (non-hydrogen) atoms. The van der Waals surface area contributed by atoms with Gasteiger partial charge in [0, 0.05) is 37.6 Å². The molecule has 10 N–H and O–H groups in total. The highest BCUT2D eigenvalue weighted by Gasteiger charge is 2.50. The highest BCUT2D eigenvalue weighted by atomic mass is 32.2. The van der Waals surface area contributed by atoms with Crippen LogP contribution in [0.25, 0.3) is 11.2 Å². The molecule has 2 aromatic heterocycles. The molecule has 1 aliphatic heterocycles. The van der Waals surface area contributed by atoms with Crippen LogP contribution in [-0.4, -0.2) is 123 Å². The summed E-state index contributed by atoms with van der Waals surface area (Å²) < 4.78 is 61.8. The molecular weight excluding hydrogens is 773 g/mol. The molecule has 0 spiro atoms. The van der Waals surface area contributed by atoms with Crippen LogP contribution >= 0.6 is 35.2 Å². The number of hydrogen-bond donors (Lipinski definition) is 9. The third-order valence-electron chi connectivity index (χ3n) is 6.81. The third-order valence-corrected chi connectivity index (χ3v) is 10.7. The number of carbonyl (C=O) groups excluding carboxylic acids is 3. The maximum Gasteiger partial charge on any atom is 0.481 e. The summed E-state index contributed by atoms with van der Waals surface area (Å²) >= 11 is 1.03. The molecule has 0 aromatic carbocycles. The first kappa shape index (κ1) is 43.0. The SMILES string of the molecule is CC(C)(COP(=O)(O)OP(=O)(O)OCC1O[C@@H](n2cnc3c(N)ncnc32)[C@H](O)[C@@H]1OP(=O)(O)O)[C@@H](O)C(=O)NCCC(=O)NCCS[13C]([13CH3])=O. The van der Waals surface area contributed by atoms with E-state index < -0.39 is 84.6 Å². The number of amides is 2. The zero-order valence-electron chi connectivity index (χ0n) is 27.1. The molecule has 0 aliphatic carbocycles. The number of ether oxygens (including phenoxy) is 1. The Hall–Kier alpha value is -2.44. The number of aliphatic hydroxyl groups excluding tert-OH is 2. The van der Waals surface area contributed by atoms with Crippen LogP contribution < -0.4 is 16.4 Å². The number of nitrogen functional groups attached to an aromatic ring is 1. The Kier molecular flexibility index (Phi) is 14.8. The van der Waals surface area contributed by atoms with Gasteiger partial charge in [0.1, 0.15) is 36.3 Å². The predicted octanol–water partition coefficient (Wildman–Crippen LogP) is -1.32. The molecule has 0 radical (unpaired) electrons. The molecule has 288 valence electrons. The van der Waals surface area contributed by atoms with Crippen LogP contribution in [0, 0.1) is 5.41 Å². The Balaban J connectivity index is 1.55. The second-order valence-corrected chi connectivity index (χ2v) is 16.9. The number of rotatable bonds is 19. The lowest BCUT2D eigenvalue weighted by Crippen LogP contribution is -2.46. The summed E-state index contributed by atoms with van der Waals surface area (Å²) in [5.41, 5.74) is 4.26. The van der Waals surface area contributed by atoms with Crippen molar-refractivity contribution in [2.24, 2.45) is 5.41 Å². The van der Waals surface area contributed by atoms with Crippen molar-refractivity contribution in [1.82, 2.24) is 30.2 Å². The average Bonchev–Trinajstić information content (AvgIpc) is 3.57. The average molecular weight is 812 g/mol. The third kappa shape index (κ3) is 12.9. The minimum atomic E-state index is -5.56. The van der Waals surface area contributed by atoms with E-state index >= 15 is 0 Å². The van der Waals surface area contributed by atoms with Crippen LogP contribution in [-0.2, 0) is 50.7 Å². The minimum Gasteiger partial charge on any atom is -0.386 e. The lowest BCUT2D eigenvalue weighted by Gasteiger charge is -2.30. The number of nitrogens with two attached hydrogens (primary N) is 1. The van der Waals surface area contributed by atoms with Crippen molar-refractivity contribution in [3.05, 3.63) is 12.7 Å². The fourth-order valence-corrected chi connectivity index (χ4v) is 7.65. The predicted molar refractivity (Wildman–Crippen MR) is 173 cm³/mol. The Morgan fingerprint density at radius 2 is 1.75 bits per heavy atom. The van der Waals surface area contributed by atoms with E-state index in [0.29, 0.717) is 5.75 Å². The Bertz CT molecular complexity index is 1710. The van der Waals surface area contributed by atoms with Crippen molar-refractivity contribution in [3.63, 3.8) is 0 Å². The van der Waals surface area contributed by atoms with Gasteiger partial charge in [-0.1, -0.05) is 25.6 Å². The van der Waals surface area contributed by atoms with Crippen molar-refractivity contribution in [2.45, 2.75) is 57.8 Å². The highest BCUT2D eigenvalue weighted by molar-refractivity contribution is 8.13. The molecule has 28 heteroatoms. The van der Waals surface area contributed by atoms with Crippen molar-refractivity contribution in [1.29, 1.82) is 0 Å². The zero-order valence-corrected chi connectivity index (χ0v) is 30.6. The van der Waals surface area contributed by atoms with Crippen LogP contribution in [0.4, 0.5) is 5.82 Å². The van der Waals surface area contributed by atoms with E-state index in [-0.39, 0.29) is 41.6 Å². The smallest absolute Gasteiger partial charge is 0.386 e. The molecule has 1 fully saturated rings. The van der Waals surface area contributed by atoms with Gasteiger partial charge in [-0.25, -0.2) is 28.6 Å². The van der Waals surface area contributed by atoms with Crippen LogP contribution in [0.15, 0.2) is 12.7 Å². The van der Waals surface area contributed by atoms with Gasteiger partial charge in [0.2, 0.25) is 11.8 Å². The van der Waals surface area contributed by atoms with E-state index in [1.165, 1.54) is 20.8 Å². The maximum atomic E-state index is 12.6. The summed E-state index contributed by atoms with van der Waals surface area (Å²) in [6, 6.07) is 0. The van der Waals surface area contributed by atoms with Gasteiger partial charge >= 0.3 is 23.5 Å². The van der Waals surface area contributed by atoms with Gasteiger partial charge < -0.3 is 50.9 Å². The summed E-state index contributed by atoms with van der Waals surface area (Å²) in [5.74, 6) is -1.08. The van der Waals surface area contributed by atoms with Crippen molar-refractivity contribution < 1.29 is 80.5 Å². The summed E-state index contributed by atoms with van der Waals surface area (Å²) in [5, 5.41) is 26.1. The van der Waals surface area contributed by atoms with Crippen molar-refractivity contribution in [2.75, 3.05) is 37.8 Å². The van der Waals surface area contributed by atoms with E-state index in [4.69, 9.17) is 19.5 Å². The summed E-state index contributed by atoms with van der Waals surface area (Å²) in [6.45, 7) is 1.90. The number of fused-ring (bicyclic) bond motifs is 1. The number of nitrogens with zero attached hydrogens (tertiary/aromatic N) is 4. The van der Waals surface area contributed by atoms with Crippen LogP contribution in [0.3, 0.4) is 0 Å². The number of nitrogens with one attached hydrogen (secondary N) is 2. The quantitative estimate of drug-likeness (QED) is 0.0451. The maximum absolute atomic E-state index is 12.6. The van der Waals surface area contributed by atoms with E-state index in [0.717, 1.165) is 29.0 Å². The number of phosphoric ester groups is 3. The van der Waals surface area contributed by atoms with Gasteiger partial charge in [-0.3, -0.25) is 32.5 Å². The molecule has 1 aliphatic rings. The van der Waals surface area contributed by atoms with Gasteiger partial charge in [0.05, 0.1) is 19.5 Å². The van der Waals surface area contributed by atoms with Crippen LogP contribution in [0.5, 0.6) is 0 Å². The first-order valence-electron chi connectivity index (χ1n) is 14.5. The minimum absolute atomic E-state index is 0.0310. The number of carbonyl (C=O) groups is 3. The summed E-state index contributed by atoms with van der Waals surface area (Å²) in [4.78, 5) is 85.9. The zero-order chi connectivity index (χ0) is 38.4. The fraction of sp³-hybridized carbons (Fsp3) is 0.652. The molecule has 2 aromatic rings. The fourth-order valence-electron chi connectivity index (χ4n) is 4.32. The number of imidazole rings is 1. The topological polar surface area (TPSA) is 364 Å². The standard InChI is InChI=1S/C23H38N7O17P3S/c1-12(31)51-7-6-25-14(32)4-5-26-21(35)18(34)23(2,3)9-44-50(41,42)47-49(39,40)43-8-13-17(46-48(36,37)38)16(33)22(45-13)30-11-29-15-19(24)27-10-28-20(15)30/h10-11,13,16-18,22,33-34H,4-9H2,1-3H3,(H,25,32)(H,26,35)(H,39,40)(H,41,42)(H2,24,27,28)(H2,36,37,38)/t13?,16-,17-,18+,22-/m1/s1/i1+1,12+1. The Morgan fingerprint density at radius 1 is 1.08 bits per heavy atom. The summed E-state index contributed by atoms with van der Waals surface area (Å²) in [7, 11) is -16.4. The molecule has 2 amide bonds. The number of aromatic nitrogens is 4. The largest absolute Gasteiger partial charge is 0.481 e. The number of hydrogen-bond acceptors (Lipinski definition) is 18. The summed E-state index contributed by atoms with van der Waals surface area (Å²) in [6.07, 6.45) is -6.88. The second-order valence-electron chi connectivity index (χ2n) is 11.4. The molecule has 24 nitrogen and oxygen atoms in total. The molecule has 7 atom stereocenters. The number of anilines is 1. The second kappa shape index (κ2) is 17.6. The monoisotopic (exact) mass is 811 g/mol. The van der Waals surface area contributed by atoms with Crippen LogP contribution in [0.1, 0.15) is 33.4 Å². The van der Waals surface area contributed by atoms with Crippen LogP contribution in [0.2, 0.25) is 0 Å². The van der Waals surface area contributed by atoms with Crippen molar-refractivity contribution >= 4 is 69.1 Å². The van der Waals surface area contributed by atoms with E-state index in [1.807, 2.05) is 0 Å². The molecule has 3 heterocycles. The van der Waals surface area contributed by atoms with Gasteiger partial charge in [0.25, 0.3) is 0 Å². The van der Waals surface area contributed by atoms with E-state index in [1.54, 1.807) is 0 Å². The van der Waals surface area contributed by atoms with Gasteiger partial charge in [-0.15, -0.1) is 0 Å². The highest BCUT2D eigenvalue weighted by Crippen LogP contribution is 2.61. The first-order valence-corrected chi connectivity index (χ1v) is 20.0. The molecule has 3 unspecified atom stereocenters. The van der Waals surface area contributed by atoms with E-state index in [2.05, 4.69) is 34.4 Å². The van der Waals surface area contributed by atoms with Gasteiger partial charge in [-0.2, -0.15) is 4.31 Å². The van der Waals surface area contributed by atoms with Crippen molar-refractivity contribution in [3.8, 4) is 0 Å². The van der Waals surface area contributed by atoms with Gasteiger partial charge in [0.15, 0.2) is 22.8 Å².